The van der Waals surface area contributed by atoms with Crippen LogP contribution in [0, 0.1) is 5.82 Å². The first-order valence-corrected chi connectivity index (χ1v) is 12.0. The number of nitrogens with zero attached hydrogens (tertiary/aromatic N) is 5. The highest BCUT2D eigenvalue weighted by molar-refractivity contribution is 7.80. The average molecular weight is 508 g/mol. The van der Waals surface area contributed by atoms with Crippen molar-refractivity contribution in [3.63, 3.8) is 0 Å². The Balaban J connectivity index is 1.31. The molecule has 1 aliphatic rings. The molecule has 0 saturated carbocycles. The SMILES string of the molecule is Nc1nc(N2CCN(C(=S)NCc3ccccc3Cl)CC2)c2nc(-c3ccc(F)cc3)ccc2n1. The normalized spacial score (nSPS) is 13.8. The van der Waals surface area contributed by atoms with Crippen molar-refractivity contribution in [3.8, 4) is 11.3 Å². The fourth-order valence-electron chi connectivity index (χ4n) is 4.06. The van der Waals surface area contributed by atoms with Gasteiger partial charge in [-0.3, -0.25) is 0 Å². The number of hydrogen-bond acceptors (Lipinski definition) is 6. The van der Waals surface area contributed by atoms with E-state index >= 15 is 0 Å². The summed E-state index contributed by atoms with van der Waals surface area (Å²) in [6.07, 6.45) is 0. The van der Waals surface area contributed by atoms with Crippen molar-refractivity contribution in [1.82, 2.24) is 25.2 Å². The third-order valence-corrected chi connectivity index (χ3v) is 6.71. The molecule has 0 aliphatic carbocycles. The number of anilines is 2. The van der Waals surface area contributed by atoms with Gasteiger partial charge in [0.05, 0.1) is 11.2 Å². The minimum absolute atomic E-state index is 0.197. The van der Waals surface area contributed by atoms with Gasteiger partial charge >= 0.3 is 0 Å². The van der Waals surface area contributed by atoms with Crippen LogP contribution in [0.25, 0.3) is 22.3 Å². The fraction of sp³-hybridized carbons (Fsp3) is 0.200. The zero-order valence-corrected chi connectivity index (χ0v) is 20.4. The Morgan fingerprint density at radius 1 is 0.971 bits per heavy atom. The Kier molecular flexibility index (Phi) is 6.61. The van der Waals surface area contributed by atoms with Crippen molar-refractivity contribution in [2.24, 2.45) is 0 Å². The Labute approximate surface area is 212 Å². The van der Waals surface area contributed by atoms with Crippen LogP contribution in [-0.2, 0) is 6.54 Å². The summed E-state index contributed by atoms with van der Waals surface area (Å²) < 4.78 is 13.4. The van der Waals surface area contributed by atoms with Gasteiger partial charge in [-0.1, -0.05) is 29.8 Å². The Bertz CT molecular complexity index is 1370. The molecule has 1 aliphatic heterocycles. The number of benzene rings is 2. The van der Waals surface area contributed by atoms with Crippen molar-refractivity contribution >= 4 is 51.7 Å². The number of piperazine rings is 1. The molecule has 4 aromatic rings. The lowest BCUT2D eigenvalue weighted by atomic mass is 10.1. The van der Waals surface area contributed by atoms with Gasteiger partial charge in [0.1, 0.15) is 11.3 Å². The monoisotopic (exact) mass is 507 g/mol. The lowest BCUT2D eigenvalue weighted by Gasteiger charge is -2.37. The number of nitrogens with one attached hydrogen (secondary N) is 1. The Morgan fingerprint density at radius 2 is 1.71 bits per heavy atom. The Hall–Kier alpha value is -3.56. The van der Waals surface area contributed by atoms with Gasteiger partial charge in [0, 0.05) is 43.3 Å². The third kappa shape index (κ3) is 5.11. The summed E-state index contributed by atoms with van der Waals surface area (Å²) in [4.78, 5) is 18.0. The highest BCUT2D eigenvalue weighted by atomic mass is 35.5. The van der Waals surface area contributed by atoms with Crippen LogP contribution in [0.1, 0.15) is 5.56 Å². The second kappa shape index (κ2) is 9.97. The molecule has 2 aromatic heterocycles. The van der Waals surface area contributed by atoms with Crippen molar-refractivity contribution in [1.29, 1.82) is 0 Å². The standard InChI is InChI=1S/C25H23ClFN7S/c26-19-4-2-1-3-17(19)15-29-25(35)34-13-11-33(12-14-34)23-22-21(31-24(28)32-23)10-9-20(30-22)16-5-7-18(27)8-6-16/h1-10H,11-15H2,(H,29,35)(H2,28,31,32). The highest BCUT2D eigenvalue weighted by Crippen LogP contribution is 2.27. The number of nitrogen functional groups attached to an aromatic ring is 1. The number of aromatic nitrogens is 3. The van der Waals surface area contributed by atoms with Gasteiger partial charge in [0.15, 0.2) is 10.9 Å². The van der Waals surface area contributed by atoms with Crippen LogP contribution in [0.5, 0.6) is 0 Å². The number of rotatable bonds is 4. The zero-order chi connectivity index (χ0) is 24.4. The van der Waals surface area contributed by atoms with E-state index in [2.05, 4.69) is 25.1 Å². The molecule has 0 spiro atoms. The van der Waals surface area contributed by atoms with Gasteiger partial charge in [-0.2, -0.15) is 4.98 Å². The smallest absolute Gasteiger partial charge is 0.222 e. The Morgan fingerprint density at radius 3 is 2.46 bits per heavy atom. The van der Waals surface area contributed by atoms with E-state index in [1.807, 2.05) is 36.4 Å². The van der Waals surface area contributed by atoms with E-state index in [-0.39, 0.29) is 11.8 Å². The molecule has 0 unspecified atom stereocenters. The van der Waals surface area contributed by atoms with Crippen LogP contribution in [0.4, 0.5) is 16.2 Å². The maximum atomic E-state index is 13.4. The van der Waals surface area contributed by atoms with Crippen LogP contribution in [0.3, 0.4) is 0 Å². The predicted molar refractivity (Wildman–Crippen MR) is 142 cm³/mol. The number of pyridine rings is 1. The molecule has 35 heavy (non-hydrogen) atoms. The molecule has 1 fully saturated rings. The first kappa shape index (κ1) is 23.2. The summed E-state index contributed by atoms with van der Waals surface area (Å²) in [5.74, 6) is 0.595. The van der Waals surface area contributed by atoms with Gasteiger partial charge < -0.3 is 20.9 Å². The highest BCUT2D eigenvalue weighted by Gasteiger charge is 2.23. The number of thiocarbonyl (C=S) groups is 1. The van der Waals surface area contributed by atoms with E-state index in [4.69, 9.17) is 34.5 Å². The van der Waals surface area contributed by atoms with Crippen LogP contribution < -0.4 is 16.0 Å². The van der Waals surface area contributed by atoms with Crippen molar-refractivity contribution < 1.29 is 4.39 Å². The van der Waals surface area contributed by atoms with Crippen LogP contribution >= 0.6 is 23.8 Å². The summed E-state index contributed by atoms with van der Waals surface area (Å²) in [6, 6.07) is 17.7. The summed E-state index contributed by atoms with van der Waals surface area (Å²) in [5, 5.41) is 4.71. The summed E-state index contributed by atoms with van der Waals surface area (Å²) in [6.45, 7) is 3.40. The van der Waals surface area contributed by atoms with Crippen molar-refractivity contribution in [2.45, 2.75) is 6.54 Å². The molecule has 10 heteroatoms. The zero-order valence-electron chi connectivity index (χ0n) is 18.8. The number of nitrogens with two attached hydrogens (primary N) is 1. The topological polar surface area (TPSA) is 83.2 Å². The van der Waals surface area contributed by atoms with E-state index in [0.717, 1.165) is 29.9 Å². The summed E-state index contributed by atoms with van der Waals surface area (Å²) in [7, 11) is 0. The minimum atomic E-state index is -0.288. The molecule has 178 valence electrons. The third-order valence-electron chi connectivity index (χ3n) is 5.94. The molecular weight excluding hydrogens is 485 g/mol. The molecule has 0 bridgehead atoms. The quantitative estimate of drug-likeness (QED) is 0.396. The maximum Gasteiger partial charge on any atom is 0.222 e. The molecule has 3 N–H and O–H groups in total. The average Bonchev–Trinajstić information content (AvgIpc) is 2.88. The first-order chi connectivity index (χ1) is 17.0. The number of hydrogen-bond donors (Lipinski definition) is 2. The van der Waals surface area contributed by atoms with Crippen molar-refractivity contribution in [3.05, 3.63) is 77.1 Å². The maximum absolute atomic E-state index is 13.4. The second-order valence-electron chi connectivity index (χ2n) is 8.20. The van der Waals surface area contributed by atoms with Crippen LogP contribution in [-0.4, -0.2) is 51.1 Å². The van der Waals surface area contributed by atoms with Gasteiger partial charge in [0.2, 0.25) is 5.95 Å². The molecule has 2 aromatic carbocycles. The second-order valence-corrected chi connectivity index (χ2v) is 8.99. The van der Waals surface area contributed by atoms with E-state index in [9.17, 15) is 4.39 Å². The molecule has 5 rings (SSSR count). The lowest BCUT2D eigenvalue weighted by molar-refractivity contribution is 0.379. The van der Waals surface area contributed by atoms with Gasteiger partial charge in [0.25, 0.3) is 0 Å². The summed E-state index contributed by atoms with van der Waals surface area (Å²) >= 11 is 11.9. The molecule has 0 radical (unpaired) electrons. The lowest BCUT2D eigenvalue weighted by Crippen LogP contribution is -2.51. The van der Waals surface area contributed by atoms with Gasteiger partial charge in [-0.15, -0.1) is 0 Å². The van der Waals surface area contributed by atoms with Gasteiger partial charge in [-0.05, 0) is 60.2 Å². The van der Waals surface area contributed by atoms with Crippen LogP contribution in [0.15, 0.2) is 60.7 Å². The molecule has 0 amide bonds. The van der Waals surface area contributed by atoms with E-state index in [0.29, 0.717) is 46.6 Å². The largest absolute Gasteiger partial charge is 0.368 e. The van der Waals surface area contributed by atoms with Gasteiger partial charge in [-0.25, -0.2) is 14.4 Å². The van der Waals surface area contributed by atoms with E-state index in [1.165, 1.54) is 12.1 Å². The predicted octanol–water partition coefficient (Wildman–Crippen LogP) is 4.26. The van der Waals surface area contributed by atoms with Crippen molar-refractivity contribution in [2.75, 3.05) is 36.8 Å². The van der Waals surface area contributed by atoms with E-state index in [1.54, 1.807) is 12.1 Å². The fourth-order valence-corrected chi connectivity index (χ4v) is 4.52. The molecule has 3 heterocycles. The summed E-state index contributed by atoms with van der Waals surface area (Å²) in [5.41, 5.74) is 9.87. The molecular formula is C25H23ClFN7S. The number of halogens is 2. The number of fused-ring (bicyclic) bond motifs is 1. The molecule has 7 nitrogen and oxygen atoms in total. The minimum Gasteiger partial charge on any atom is -0.368 e. The first-order valence-electron chi connectivity index (χ1n) is 11.2. The van der Waals surface area contributed by atoms with Crippen LogP contribution in [0.2, 0.25) is 5.02 Å². The van der Waals surface area contributed by atoms with E-state index < -0.39 is 0 Å². The molecule has 0 atom stereocenters. The molecule has 1 saturated heterocycles.